The summed E-state index contributed by atoms with van der Waals surface area (Å²) >= 11 is -1.47. The molecule has 0 aromatic heterocycles. The molecule has 0 aliphatic rings. The second-order valence-corrected chi connectivity index (χ2v) is 6.02. The van der Waals surface area contributed by atoms with E-state index in [1.54, 1.807) is 0 Å². The van der Waals surface area contributed by atoms with Gasteiger partial charge in [-0.05, 0) is 9.62 Å². The second kappa shape index (κ2) is 8.91. The van der Waals surface area contributed by atoms with Gasteiger partial charge in [0.1, 0.15) is 12.0 Å². The van der Waals surface area contributed by atoms with E-state index in [4.69, 9.17) is 0 Å². The zero-order valence-corrected chi connectivity index (χ0v) is 13.2. The summed E-state index contributed by atoms with van der Waals surface area (Å²) in [5.41, 5.74) is 0. The molecule has 0 amide bonds. The van der Waals surface area contributed by atoms with Crippen LogP contribution in [0.4, 0.5) is 43.5 Å². The van der Waals surface area contributed by atoms with Crippen molar-refractivity contribution in [2.24, 2.45) is 0 Å². The molecule has 0 fully saturated rings. The summed E-state index contributed by atoms with van der Waals surface area (Å²) in [6.07, 6.45) is -10.5. The Labute approximate surface area is 142 Å². The fourth-order valence-corrected chi connectivity index (χ4v) is 1.47. The fourth-order valence-electron chi connectivity index (χ4n) is 0.856. The van der Waals surface area contributed by atoms with Gasteiger partial charge in [0.2, 0.25) is 0 Å². The van der Waals surface area contributed by atoms with Crippen LogP contribution in [0.25, 0.3) is 0 Å². The van der Waals surface area contributed by atoms with Gasteiger partial charge in [-0.3, -0.25) is 0 Å². The van der Waals surface area contributed by atoms with E-state index < -0.39 is 58.2 Å². The van der Waals surface area contributed by atoms with Crippen molar-refractivity contribution in [1.29, 1.82) is 0 Å². The zero-order chi connectivity index (χ0) is 20.9. The molecule has 0 aromatic carbocycles. The van der Waals surface area contributed by atoms with Gasteiger partial charge in [-0.15, -0.1) is 4.33 Å². The van der Waals surface area contributed by atoms with Gasteiger partial charge in [0.05, 0.1) is 13.2 Å². The third-order valence-corrected chi connectivity index (χ3v) is 3.45. The Morgan fingerprint density at radius 2 is 1.27 bits per heavy atom. The van der Waals surface area contributed by atoms with Crippen LogP contribution in [0.2, 0.25) is 0 Å². The fraction of sp³-hybridized carbons (Fsp3) is 0.750. The minimum absolute atomic E-state index is 0.261. The van der Waals surface area contributed by atoms with E-state index in [0.717, 1.165) is 0 Å². The maximum absolute atomic E-state index is 12.9. The third-order valence-electron chi connectivity index (χ3n) is 2.04. The molecule has 18 heteroatoms. The maximum atomic E-state index is 12.9. The normalized spacial score (nSPS) is 15.0. The van der Waals surface area contributed by atoms with E-state index in [1.807, 2.05) is 0 Å². The minimum atomic E-state index is -7.04. The third kappa shape index (κ3) is 6.41. The first-order valence-electron chi connectivity index (χ1n) is 5.53. The molecule has 6 nitrogen and oxygen atoms in total. The molecule has 0 rings (SSSR count). The lowest BCUT2D eigenvalue weighted by molar-refractivity contribution is -0.367. The highest BCUT2D eigenvalue weighted by Gasteiger charge is 2.68. The molecular weight excluding hydrogens is 446 g/mol. The van der Waals surface area contributed by atoms with Crippen LogP contribution in [-0.4, -0.2) is 44.4 Å². The van der Waals surface area contributed by atoms with Gasteiger partial charge in [0.25, 0.3) is 0 Å². The van der Waals surface area contributed by atoms with Gasteiger partial charge in [0, 0.05) is 0 Å². The van der Waals surface area contributed by atoms with Crippen molar-refractivity contribution in [3.05, 3.63) is 12.2 Å². The molecule has 0 heterocycles. The van der Waals surface area contributed by atoms with Crippen LogP contribution in [0.3, 0.4) is 0 Å². The lowest BCUT2D eigenvalue weighted by atomic mass is 10.5. The Hall–Kier alpha value is -0.820. The summed E-state index contributed by atoms with van der Waals surface area (Å²) in [5.74, 6) is 0. The zero-order valence-electron chi connectivity index (χ0n) is 11.6. The molecule has 0 spiro atoms. The first-order valence-corrected chi connectivity index (χ1v) is 7.66. The largest absolute Gasteiger partial charge is 0.464 e. The second-order valence-electron chi connectivity index (χ2n) is 3.81. The predicted molar refractivity (Wildman–Crippen MR) is 61.7 cm³/mol. The lowest BCUT2D eigenvalue weighted by Gasteiger charge is -2.23. The van der Waals surface area contributed by atoms with Crippen molar-refractivity contribution in [3.63, 3.8) is 0 Å². The summed E-state index contributed by atoms with van der Waals surface area (Å²) in [5, 5.41) is -9.22. The molecule has 156 valence electrons. The van der Waals surface area contributed by atoms with Crippen molar-refractivity contribution >= 4 is 22.3 Å². The van der Waals surface area contributed by atoms with E-state index in [2.05, 4.69) is 18.9 Å². The van der Waals surface area contributed by atoms with Crippen molar-refractivity contribution in [3.8, 4) is 0 Å². The Kier molecular flexibility index (Phi) is 8.63. The predicted octanol–water partition coefficient (Wildman–Crippen LogP) is 3.73. The summed E-state index contributed by atoms with van der Waals surface area (Å²) < 4.78 is 154. The highest BCUT2D eigenvalue weighted by Crippen LogP contribution is 2.44. The van der Waals surface area contributed by atoms with Gasteiger partial charge in [-0.1, -0.05) is 16.0 Å². The van der Waals surface area contributed by atoms with Gasteiger partial charge < -0.3 is 9.47 Å². The molecule has 26 heavy (non-hydrogen) atoms. The van der Waals surface area contributed by atoms with Gasteiger partial charge in [-0.2, -0.15) is 43.5 Å². The highest BCUT2D eigenvalue weighted by atomic mass is 32.3. The first kappa shape index (κ1) is 25.2. The summed E-state index contributed by atoms with van der Waals surface area (Å²) in [7, 11) is -7.04. The van der Waals surface area contributed by atoms with Crippen molar-refractivity contribution in [2.75, 3.05) is 13.2 Å². The molecule has 0 saturated carbocycles. The number of hydrogen-bond donors (Lipinski definition) is 0. The van der Waals surface area contributed by atoms with Crippen LogP contribution in [0.5, 0.6) is 0 Å². The SMILES string of the molecule is O=S(=O)(F)C(F)(F)C(F)(F)OCC=CCOC(F)(F)C(F)(F)SOOF. The number of hydrogen-bond acceptors (Lipinski definition) is 7. The van der Waals surface area contributed by atoms with Crippen LogP contribution in [0.15, 0.2) is 12.2 Å². The number of ether oxygens (including phenoxy) is 2. The van der Waals surface area contributed by atoms with Crippen molar-refractivity contribution in [1.82, 2.24) is 0 Å². The molecular formula is C8H6F10O6S2. The summed E-state index contributed by atoms with van der Waals surface area (Å²) in [6.45, 7) is -3.00. The average molecular weight is 452 g/mol. The number of alkyl halides is 8. The van der Waals surface area contributed by atoms with E-state index in [-0.39, 0.29) is 6.08 Å². The molecule has 0 N–H and O–H groups in total. The van der Waals surface area contributed by atoms with Crippen LogP contribution < -0.4 is 0 Å². The molecule has 0 aliphatic carbocycles. The maximum Gasteiger partial charge on any atom is 0.464 e. The van der Waals surface area contributed by atoms with Gasteiger partial charge in [-0.25, -0.2) is 0 Å². The van der Waals surface area contributed by atoms with Gasteiger partial charge >= 0.3 is 32.9 Å². The van der Waals surface area contributed by atoms with Crippen LogP contribution in [0.1, 0.15) is 0 Å². The average Bonchev–Trinajstić information content (AvgIpc) is 2.47. The van der Waals surface area contributed by atoms with E-state index >= 15 is 0 Å². The Balaban J connectivity index is 4.58. The van der Waals surface area contributed by atoms with Crippen LogP contribution in [-0.2, 0) is 29.1 Å². The first-order chi connectivity index (χ1) is 11.5. The van der Waals surface area contributed by atoms with Gasteiger partial charge in [0.15, 0.2) is 0 Å². The van der Waals surface area contributed by atoms with Crippen LogP contribution in [0, 0.1) is 0 Å². The smallest absolute Gasteiger partial charge is 0.311 e. The molecule has 0 saturated heterocycles. The van der Waals surface area contributed by atoms with E-state index in [1.165, 1.54) is 0 Å². The molecule has 0 unspecified atom stereocenters. The lowest BCUT2D eigenvalue weighted by Crippen LogP contribution is -2.47. The summed E-state index contributed by atoms with van der Waals surface area (Å²) in [4.78, 5) is 0. The molecule has 0 aromatic rings. The van der Waals surface area contributed by atoms with Crippen LogP contribution >= 0.6 is 12.0 Å². The Morgan fingerprint density at radius 1 is 0.846 bits per heavy atom. The number of rotatable bonds is 12. The monoisotopic (exact) mass is 452 g/mol. The Morgan fingerprint density at radius 3 is 1.65 bits per heavy atom. The summed E-state index contributed by atoms with van der Waals surface area (Å²) in [6, 6.07) is 0. The van der Waals surface area contributed by atoms with E-state index in [9.17, 15) is 52.0 Å². The highest BCUT2D eigenvalue weighted by molar-refractivity contribution is 7.95. The van der Waals surface area contributed by atoms with E-state index in [0.29, 0.717) is 6.08 Å². The molecule has 0 atom stereocenters. The Bertz CT molecular complexity index is 580. The molecule has 0 bridgehead atoms. The van der Waals surface area contributed by atoms with Crippen molar-refractivity contribution in [2.45, 2.75) is 22.7 Å². The molecule has 0 radical (unpaired) electrons. The van der Waals surface area contributed by atoms with Crippen molar-refractivity contribution < 1.29 is 70.9 Å². The topological polar surface area (TPSA) is 71.1 Å². The quantitative estimate of drug-likeness (QED) is 0.112. The molecule has 0 aliphatic heterocycles. The number of halogens is 10. The standard InChI is InChI=1S/C8H6F10O6S2/c9-5(10,7(13,14)25-24-23-17)21-3-1-2-4-22-6(11,12)8(15,16)26(18,19)20/h1-2H,3-4H2. The minimum Gasteiger partial charge on any atom is -0.311 e.